The van der Waals surface area contributed by atoms with Crippen LogP contribution >= 0.6 is 0 Å². The second-order valence-electron chi connectivity index (χ2n) is 5.06. The molecule has 0 saturated heterocycles. The van der Waals surface area contributed by atoms with Crippen molar-refractivity contribution >= 4 is 5.69 Å². The molecule has 0 aliphatic heterocycles. The van der Waals surface area contributed by atoms with Crippen molar-refractivity contribution in [3.63, 3.8) is 0 Å². The molecule has 0 aliphatic rings. The van der Waals surface area contributed by atoms with Crippen LogP contribution in [0.1, 0.15) is 29.7 Å². The first kappa shape index (κ1) is 14.3. The normalized spacial score (nSPS) is 12.0. The molecular formula is C17H21NO2. The number of phenols is 1. The van der Waals surface area contributed by atoms with Crippen LogP contribution in [0.15, 0.2) is 36.4 Å². The molecule has 2 aromatic rings. The average molecular weight is 271 g/mol. The Morgan fingerprint density at radius 3 is 2.50 bits per heavy atom. The summed E-state index contributed by atoms with van der Waals surface area (Å²) in [6.07, 6.45) is 0. The third-order valence-corrected chi connectivity index (χ3v) is 3.52. The van der Waals surface area contributed by atoms with Gasteiger partial charge in [-0.2, -0.15) is 0 Å². The maximum atomic E-state index is 9.71. The highest BCUT2D eigenvalue weighted by atomic mass is 16.5. The molecule has 0 radical (unpaired) electrons. The van der Waals surface area contributed by atoms with Crippen LogP contribution in [0.2, 0.25) is 0 Å². The number of anilines is 1. The predicted octanol–water partition coefficient (Wildman–Crippen LogP) is 4.19. The van der Waals surface area contributed by atoms with Crippen LogP contribution in [0.25, 0.3) is 0 Å². The fourth-order valence-corrected chi connectivity index (χ4v) is 2.29. The molecule has 20 heavy (non-hydrogen) atoms. The predicted molar refractivity (Wildman–Crippen MR) is 82.6 cm³/mol. The van der Waals surface area contributed by atoms with Crippen LogP contribution in [-0.2, 0) is 0 Å². The zero-order valence-corrected chi connectivity index (χ0v) is 12.4. The SMILES string of the molecule is COc1ccccc1C(C)Nc1cc(C)c(O)cc1C. The van der Waals surface area contributed by atoms with Gasteiger partial charge in [-0.3, -0.25) is 0 Å². The van der Waals surface area contributed by atoms with Crippen LogP contribution in [0.5, 0.6) is 11.5 Å². The average Bonchev–Trinajstić information content (AvgIpc) is 2.44. The lowest BCUT2D eigenvalue weighted by Gasteiger charge is -2.20. The van der Waals surface area contributed by atoms with Crippen molar-refractivity contribution in [2.45, 2.75) is 26.8 Å². The number of aryl methyl sites for hydroxylation is 2. The van der Waals surface area contributed by atoms with Crippen molar-refractivity contribution in [3.05, 3.63) is 53.1 Å². The molecule has 1 atom stereocenters. The molecule has 0 bridgehead atoms. The number of hydrogen-bond acceptors (Lipinski definition) is 3. The highest BCUT2D eigenvalue weighted by Gasteiger charge is 2.12. The molecule has 2 rings (SSSR count). The zero-order chi connectivity index (χ0) is 14.7. The molecule has 0 spiro atoms. The summed E-state index contributed by atoms with van der Waals surface area (Å²) in [5, 5.41) is 13.2. The third kappa shape index (κ3) is 2.87. The summed E-state index contributed by atoms with van der Waals surface area (Å²) >= 11 is 0. The van der Waals surface area contributed by atoms with E-state index in [4.69, 9.17) is 4.74 Å². The number of benzene rings is 2. The van der Waals surface area contributed by atoms with E-state index < -0.39 is 0 Å². The lowest BCUT2D eigenvalue weighted by molar-refractivity contribution is 0.408. The summed E-state index contributed by atoms with van der Waals surface area (Å²) in [6.45, 7) is 5.98. The summed E-state index contributed by atoms with van der Waals surface area (Å²) in [5.74, 6) is 1.21. The minimum atomic E-state index is 0.119. The van der Waals surface area contributed by atoms with Gasteiger partial charge < -0.3 is 15.2 Å². The van der Waals surface area contributed by atoms with Crippen LogP contribution in [-0.4, -0.2) is 12.2 Å². The van der Waals surface area contributed by atoms with Gasteiger partial charge in [-0.1, -0.05) is 18.2 Å². The van der Waals surface area contributed by atoms with E-state index in [1.54, 1.807) is 13.2 Å². The quantitative estimate of drug-likeness (QED) is 0.819. The Kier molecular flexibility index (Phi) is 4.18. The Morgan fingerprint density at radius 2 is 1.80 bits per heavy atom. The Hall–Kier alpha value is -2.16. The van der Waals surface area contributed by atoms with Gasteiger partial charge in [-0.05, 0) is 50.1 Å². The number of methoxy groups -OCH3 is 1. The van der Waals surface area contributed by atoms with Gasteiger partial charge in [0.05, 0.1) is 13.2 Å². The summed E-state index contributed by atoms with van der Waals surface area (Å²) in [6, 6.07) is 11.9. The van der Waals surface area contributed by atoms with E-state index in [0.29, 0.717) is 5.75 Å². The van der Waals surface area contributed by atoms with Gasteiger partial charge >= 0.3 is 0 Å². The van der Waals surface area contributed by atoms with E-state index >= 15 is 0 Å². The Bertz CT molecular complexity index is 608. The number of aromatic hydroxyl groups is 1. The maximum Gasteiger partial charge on any atom is 0.124 e. The van der Waals surface area contributed by atoms with Gasteiger partial charge in [0.1, 0.15) is 11.5 Å². The minimum Gasteiger partial charge on any atom is -0.508 e. The van der Waals surface area contributed by atoms with Gasteiger partial charge in [-0.15, -0.1) is 0 Å². The molecule has 3 heteroatoms. The number of hydrogen-bond donors (Lipinski definition) is 2. The van der Waals surface area contributed by atoms with Crippen LogP contribution in [0, 0.1) is 13.8 Å². The summed E-state index contributed by atoms with van der Waals surface area (Å²) in [5.41, 5.74) is 4.03. The fraction of sp³-hybridized carbons (Fsp3) is 0.294. The van der Waals surface area contributed by atoms with E-state index in [1.165, 1.54) is 0 Å². The minimum absolute atomic E-state index is 0.119. The molecule has 0 saturated carbocycles. The molecule has 1 unspecified atom stereocenters. The Morgan fingerprint density at radius 1 is 1.10 bits per heavy atom. The number of nitrogens with one attached hydrogen (secondary N) is 1. The highest BCUT2D eigenvalue weighted by molar-refractivity contribution is 5.58. The van der Waals surface area contributed by atoms with Gasteiger partial charge in [0, 0.05) is 11.3 Å². The number of rotatable bonds is 4. The zero-order valence-electron chi connectivity index (χ0n) is 12.4. The van der Waals surface area contributed by atoms with E-state index in [2.05, 4.69) is 18.3 Å². The highest BCUT2D eigenvalue weighted by Crippen LogP contribution is 2.31. The molecule has 0 aliphatic carbocycles. The van der Waals surface area contributed by atoms with Gasteiger partial charge in [-0.25, -0.2) is 0 Å². The number of phenolic OH excluding ortho intramolecular Hbond substituents is 1. The smallest absolute Gasteiger partial charge is 0.124 e. The first-order valence-corrected chi connectivity index (χ1v) is 6.72. The monoisotopic (exact) mass is 271 g/mol. The van der Waals surface area contributed by atoms with Gasteiger partial charge in [0.2, 0.25) is 0 Å². The van der Waals surface area contributed by atoms with E-state index in [-0.39, 0.29) is 6.04 Å². The third-order valence-electron chi connectivity index (χ3n) is 3.52. The molecule has 0 aromatic heterocycles. The maximum absolute atomic E-state index is 9.71. The molecule has 0 fully saturated rings. The molecule has 2 N–H and O–H groups in total. The molecular weight excluding hydrogens is 250 g/mol. The second-order valence-corrected chi connectivity index (χ2v) is 5.06. The Labute approximate surface area is 120 Å². The molecule has 2 aromatic carbocycles. The molecule has 0 heterocycles. The van der Waals surface area contributed by atoms with E-state index in [0.717, 1.165) is 28.1 Å². The van der Waals surface area contributed by atoms with Crippen molar-refractivity contribution in [2.24, 2.45) is 0 Å². The van der Waals surface area contributed by atoms with Crippen molar-refractivity contribution in [3.8, 4) is 11.5 Å². The molecule has 3 nitrogen and oxygen atoms in total. The van der Waals surface area contributed by atoms with Crippen LogP contribution in [0.3, 0.4) is 0 Å². The summed E-state index contributed by atoms with van der Waals surface area (Å²) in [4.78, 5) is 0. The topological polar surface area (TPSA) is 41.5 Å². The number of para-hydroxylation sites is 1. The summed E-state index contributed by atoms with van der Waals surface area (Å²) in [7, 11) is 1.68. The van der Waals surface area contributed by atoms with Crippen LogP contribution < -0.4 is 10.1 Å². The van der Waals surface area contributed by atoms with Gasteiger partial charge in [0.25, 0.3) is 0 Å². The second kappa shape index (κ2) is 5.87. The Balaban J connectivity index is 2.28. The van der Waals surface area contributed by atoms with Crippen molar-refractivity contribution in [1.29, 1.82) is 0 Å². The summed E-state index contributed by atoms with van der Waals surface area (Å²) < 4.78 is 5.40. The van der Waals surface area contributed by atoms with Crippen molar-refractivity contribution in [2.75, 3.05) is 12.4 Å². The van der Waals surface area contributed by atoms with Crippen molar-refractivity contribution in [1.82, 2.24) is 0 Å². The van der Waals surface area contributed by atoms with E-state index in [1.807, 2.05) is 38.1 Å². The number of ether oxygens (including phenoxy) is 1. The van der Waals surface area contributed by atoms with Crippen LogP contribution in [0.4, 0.5) is 5.69 Å². The lowest BCUT2D eigenvalue weighted by atomic mass is 10.0. The van der Waals surface area contributed by atoms with Gasteiger partial charge in [0.15, 0.2) is 0 Å². The first-order valence-electron chi connectivity index (χ1n) is 6.72. The first-order chi connectivity index (χ1) is 9.52. The van der Waals surface area contributed by atoms with Crippen molar-refractivity contribution < 1.29 is 9.84 Å². The van der Waals surface area contributed by atoms with E-state index in [9.17, 15) is 5.11 Å². The fourth-order valence-electron chi connectivity index (χ4n) is 2.29. The standard InChI is InChI=1S/C17H21NO2/c1-11-10-16(19)12(2)9-15(11)18-13(3)14-7-5-6-8-17(14)20-4/h5-10,13,18-19H,1-4H3. The molecule has 0 amide bonds. The molecule has 106 valence electrons. The lowest BCUT2D eigenvalue weighted by Crippen LogP contribution is -2.09. The largest absolute Gasteiger partial charge is 0.508 e.